The van der Waals surface area contributed by atoms with Gasteiger partial charge < -0.3 is 10.4 Å². The van der Waals surface area contributed by atoms with Crippen LogP contribution >= 0.6 is 23.1 Å². The van der Waals surface area contributed by atoms with Gasteiger partial charge in [0, 0.05) is 16.2 Å². The smallest absolute Gasteiger partial charge is 0.355 e. The molecule has 2 N–H and O–H groups in total. The zero-order valence-electron chi connectivity index (χ0n) is 10.6. The summed E-state index contributed by atoms with van der Waals surface area (Å²) < 4.78 is 0. The highest BCUT2D eigenvalue weighted by molar-refractivity contribution is 7.99. The van der Waals surface area contributed by atoms with Gasteiger partial charge in [-0.2, -0.15) is 11.8 Å². The van der Waals surface area contributed by atoms with E-state index in [4.69, 9.17) is 5.11 Å². The van der Waals surface area contributed by atoms with Crippen LogP contribution in [-0.4, -0.2) is 33.6 Å². The van der Waals surface area contributed by atoms with Crippen molar-refractivity contribution in [2.75, 3.05) is 11.6 Å². The average molecular weight is 286 g/mol. The molecule has 0 amide bonds. The summed E-state index contributed by atoms with van der Waals surface area (Å²) in [6.07, 6.45) is 7.05. The monoisotopic (exact) mass is 286 g/mol. The van der Waals surface area contributed by atoms with Crippen LogP contribution in [0.4, 0.5) is 5.13 Å². The Morgan fingerprint density at radius 2 is 2.22 bits per heavy atom. The molecule has 18 heavy (non-hydrogen) atoms. The van der Waals surface area contributed by atoms with Crippen molar-refractivity contribution in [1.29, 1.82) is 0 Å². The molecule has 0 aromatic carbocycles. The van der Waals surface area contributed by atoms with Crippen molar-refractivity contribution < 1.29 is 9.90 Å². The number of rotatable bonds is 4. The summed E-state index contributed by atoms with van der Waals surface area (Å²) in [6, 6.07) is 0.418. The molecule has 4 nitrogen and oxygen atoms in total. The molecule has 0 saturated heterocycles. The molecule has 0 bridgehead atoms. The van der Waals surface area contributed by atoms with Gasteiger partial charge in [0.2, 0.25) is 0 Å². The van der Waals surface area contributed by atoms with E-state index < -0.39 is 5.97 Å². The first kappa shape index (κ1) is 13.7. The van der Waals surface area contributed by atoms with Gasteiger partial charge >= 0.3 is 5.97 Å². The fraction of sp³-hybridized carbons (Fsp3) is 0.667. The Labute approximate surface area is 115 Å². The third-order valence-electron chi connectivity index (χ3n) is 3.31. The highest BCUT2D eigenvalue weighted by Crippen LogP contribution is 2.31. The van der Waals surface area contributed by atoms with E-state index in [9.17, 15) is 4.79 Å². The minimum Gasteiger partial charge on any atom is -0.476 e. The van der Waals surface area contributed by atoms with E-state index in [2.05, 4.69) is 16.6 Å². The van der Waals surface area contributed by atoms with E-state index >= 15 is 0 Å². The van der Waals surface area contributed by atoms with E-state index in [1.54, 1.807) is 6.92 Å². The molecule has 100 valence electrons. The van der Waals surface area contributed by atoms with Crippen molar-refractivity contribution in [1.82, 2.24) is 4.98 Å². The number of aryl methyl sites for hydroxylation is 1. The number of nitrogens with one attached hydrogen (secondary N) is 1. The maximum absolute atomic E-state index is 11.0. The predicted molar refractivity (Wildman–Crippen MR) is 77.0 cm³/mol. The SMILES string of the molecule is CSC1CCCCC1Nc1nc(C(=O)O)c(C)s1. The van der Waals surface area contributed by atoms with Crippen LogP contribution in [0.3, 0.4) is 0 Å². The van der Waals surface area contributed by atoms with Crippen LogP contribution in [0.25, 0.3) is 0 Å². The second-order valence-corrected chi connectivity index (χ2v) is 6.82. The van der Waals surface area contributed by atoms with Gasteiger partial charge in [0.1, 0.15) is 0 Å². The molecule has 0 spiro atoms. The van der Waals surface area contributed by atoms with Gasteiger partial charge in [-0.05, 0) is 26.0 Å². The van der Waals surface area contributed by atoms with Gasteiger partial charge in [0.15, 0.2) is 10.8 Å². The predicted octanol–water partition coefficient (Wildman–Crippen LogP) is 3.24. The van der Waals surface area contributed by atoms with Crippen LogP contribution in [0, 0.1) is 6.92 Å². The first-order valence-corrected chi connectivity index (χ1v) is 8.22. The van der Waals surface area contributed by atoms with Gasteiger partial charge in [0.05, 0.1) is 0 Å². The highest BCUT2D eigenvalue weighted by Gasteiger charge is 2.25. The number of aromatic carboxylic acids is 1. The first-order valence-electron chi connectivity index (χ1n) is 6.12. The first-order chi connectivity index (χ1) is 8.61. The van der Waals surface area contributed by atoms with Gasteiger partial charge in [-0.1, -0.05) is 12.8 Å². The number of nitrogens with zero attached hydrogens (tertiary/aromatic N) is 1. The number of anilines is 1. The van der Waals surface area contributed by atoms with E-state index in [-0.39, 0.29) is 5.69 Å². The maximum Gasteiger partial charge on any atom is 0.355 e. The molecule has 1 saturated carbocycles. The molecule has 1 heterocycles. The number of thiazole rings is 1. The summed E-state index contributed by atoms with van der Waals surface area (Å²) >= 11 is 3.32. The van der Waals surface area contributed by atoms with Gasteiger partial charge in [-0.25, -0.2) is 9.78 Å². The molecule has 0 radical (unpaired) electrons. The quantitative estimate of drug-likeness (QED) is 0.889. The Bertz CT molecular complexity index is 434. The lowest BCUT2D eigenvalue weighted by Gasteiger charge is -2.30. The molecule has 6 heteroatoms. The van der Waals surface area contributed by atoms with Gasteiger partial charge in [0.25, 0.3) is 0 Å². The lowest BCUT2D eigenvalue weighted by molar-refractivity contribution is 0.0690. The summed E-state index contributed by atoms with van der Waals surface area (Å²) in [7, 11) is 0. The van der Waals surface area contributed by atoms with Crippen LogP contribution < -0.4 is 5.32 Å². The molecule has 1 aromatic heterocycles. The van der Waals surface area contributed by atoms with Crippen molar-refractivity contribution >= 4 is 34.2 Å². The molecule has 2 unspecified atom stereocenters. The number of carbonyl (C=O) groups is 1. The van der Waals surface area contributed by atoms with E-state index in [1.807, 2.05) is 11.8 Å². The van der Waals surface area contributed by atoms with E-state index in [1.165, 1.54) is 30.6 Å². The van der Waals surface area contributed by atoms with Crippen molar-refractivity contribution in [3.05, 3.63) is 10.6 Å². The zero-order chi connectivity index (χ0) is 13.1. The molecule has 1 aliphatic carbocycles. The molecule has 1 fully saturated rings. The van der Waals surface area contributed by atoms with Crippen molar-refractivity contribution in [3.63, 3.8) is 0 Å². The minimum absolute atomic E-state index is 0.180. The van der Waals surface area contributed by atoms with Crippen molar-refractivity contribution in [2.45, 2.75) is 43.9 Å². The second kappa shape index (κ2) is 5.93. The van der Waals surface area contributed by atoms with E-state index in [0.717, 1.165) is 16.4 Å². The Hall–Kier alpha value is -0.750. The minimum atomic E-state index is -0.943. The number of thioether (sulfide) groups is 1. The lowest BCUT2D eigenvalue weighted by Crippen LogP contribution is -2.34. The molecule has 2 atom stereocenters. The third-order valence-corrected chi connectivity index (χ3v) is 5.39. The summed E-state index contributed by atoms with van der Waals surface area (Å²) in [5, 5.41) is 13.8. The number of hydrogen-bond acceptors (Lipinski definition) is 5. The lowest BCUT2D eigenvalue weighted by atomic mass is 9.95. The number of hydrogen-bond donors (Lipinski definition) is 2. The Balaban J connectivity index is 2.08. The van der Waals surface area contributed by atoms with Crippen LogP contribution in [-0.2, 0) is 0 Å². The molecule has 2 rings (SSSR count). The maximum atomic E-state index is 11.0. The third kappa shape index (κ3) is 2.98. The Kier molecular flexibility index (Phi) is 4.50. The Morgan fingerprint density at radius 3 is 2.83 bits per heavy atom. The number of carboxylic acid groups (broad SMARTS) is 1. The number of carboxylic acids is 1. The Morgan fingerprint density at radius 1 is 1.50 bits per heavy atom. The fourth-order valence-electron chi connectivity index (χ4n) is 2.36. The summed E-state index contributed by atoms with van der Waals surface area (Å²) in [5.41, 5.74) is 0.180. The molecule has 0 aliphatic heterocycles. The summed E-state index contributed by atoms with van der Waals surface area (Å²) in [6.45, 7) is 1.80. The van der Waals surface area contributed by atoms with Crippen molar-refractivity contribution in [2.24, 2.45) is 0 Å². The van der Waals surface area contributed by atoms with Crippen LogP contribution in [0.1, 0.15) is 41.0 Å². The van der Waals surface area contributed by atoms with Gasteiger partial charge in [-0.3, -0.25) is 0 Å². The summed E-state index contributed by atoms with van der Waals surface area (Å²) in [5.74, 6) is -0.943. The largest absolute Gasteiger partial charge is 0.476 e. The van der Waals surface area contributed by atoms with Crippen LogP contribution in [0.5, 0.6) is 0 Å². The normalized spacial score (nSPS) is 23.9. The topological polar surface area (TPSA) is 62.2 Å². The summed E-state index contributed by atoms with van der Waals surface area (Å²) in [4.78, 5) is 15.9. The highest BCUT2D eigenvalue weighted by atomic mass is 32.2. The molecular formula is C12H18N2O2S2. The zero-order valence-corrected chi connectivity index (χ0v) is 12.2. The van der Waals surface area contributed by atoms with Crippen LogP contribution in [0.15, 0.2) is 0 Å². The molecule has 1 aromatic rings. The van der Waals surface area contributed by atoms with Crippen LogP contribution in [0.2, 0.25) is 0 Å². The molecule has 1 aliphatic rings. The average Bonchev–Trinajstić information content (AvgIpc) is 2.71. The second-order valence-electron chi connectivity index (χ2n) is 4.54. The van der Waals surface area contributed by atoms with Crippen molar-refractivity contribution in [3.8, 4) is 0 Å². The number of aromatic nitrogens is 1. The standard InChI is InChI=1S/C12H18N2O2S2/c1-7-10(11(15)16)14-12(18-7)13-8-5-3-4-6-9(8)17-2/h8-9H,3-6H2,1-2H3,(H,13,14)(H,15,16). The molecular weight excluding hydrogens is 268 g/mol. The van der Waals surface area contributed by atoms with E-state index in [0.29, 0.717) is 11.3 Å². The fourth-order valence-corrected chi connectivity index (χ4v) is 4.16. The van der Waals surface area contributed by atoms with Gasteiger partial charge in [-0.15, -0.1) is 11.3 Å².